The molecule has 1 aromatic carbocycles. The molecule has 0 aliphatic rings. The van der Waals surface area contributed by atoms with Crippen molar-refractivity contribution in [2.24, 2.45) is 21.6 Å². The molecule has 2 N–H and O–H groups in total. The molecule has 0 aliphatic carbocycles. The van der Waals surface area contributed by atoms with Crippen LogP contribution in [0.25, 0.3) is 0 Å². The zero-order valence-electron chi connectivity index (χ0n) is 16.5. The molecule has 1 unspecified atom stereocenters. The minimum atomic E-state index is -0.904. The molecule has 0 bridgehead atoms. The van der Waals surface area contributed by atoms with Gasteiger partial charge in [-0.2, -0.15) is 0 Å². The maximum atomic E-state index is 12.9. The van der Waals surface area contributed by atoms with Gasteiger partial charge in [0.25, 0.3) is 0 Å². The van der Waals surface area contributed by atoms with E-state index in [4.69, 9.17) is 10.5 Å². The Bertz CT molecular complexity index is 567. The van der Waals surface area contributed by atoms with Crippen molar-refractivity contribution >= 4 is 11.8 Å². The van der Waals surface area contributed by atoms with E-state index in [1.54, 1.807) is 7.05 Å². The van der Waals surface area contributed by atoms with Crippen molar-refractivity contribution in [2.45, 2.75) is 66.4 Å². The number of aliphatic imine (C=N–C) groups is 1. The Morgan fingerprint density at radius 2 is 1.80 bits per heavy atom. The highest BCUT2D eigenvalue weighted by Crippen LogP contribution is 2.39. The molecule has 0 heterocycles. The fraction of sp³-hybridized carbons (Fsp3) is 0.619. The van der Waals surface area contributed by atoms with Crippen molar-refractivity contribution in [3.05, 3.63) is 35.9 Å². The summed E-state index contributed by atoms with van der Waals surface area (Å²) >= 11 is 0. The first-order valence-electron chi connectivity index (χ1n) is 9.19. The maximum absolute atomic E-state index is 12.9. The summed E-state index contributed by atoms with van der Waals surface area (Å²) in [6.45, 7) is 8.68. The van der Waals surface area contributed by atoms with Crippen LogP contribution in [0.2, 0.25) is 0 Å². The van der Waals surface area contributed by atoms with Gasteiger partial charge in [-0.05, 0) is 30.7 Å². The summed E-state index contributed by atoms with van der Waals surface area (Å²) in [4.78, 5) is 17.0. The minimum Gasteiger partial charge on any atom is -0.460 e. The van der Waals surface area contributed by atoms with E-state index in [1.165, 1.54) is 12.8 Å². The minimum absolute atomic E-state index is 0.00893. The van der Waals surface area contributed by atoms with Gasteiger partial charge in [0.15, 0.2) is 0 Å². The fourth-order valence-electron chi connectivity index (χ4n) is 3.30. The van der Waals surface area contributed by atoms with Gasteiger partial charge < -0.3 is 10.5 Å². The molecule has 1 atom stereocenters. The summed E-state index contributed by atoms with van der Waals surface area (Å²) < 4.78 is 5.59. The average Bonchev–Trinajstić information content (AvgIpc) is 2.59. The zero-order chi connectivity index (χ0) is 18.9. The molecule has 0 saturated heterocycles. The number of hydrogen-bond donors (Lipinski definition) is 1. The van der Waals surface area contributed by atoms with Crippen LogP contribution in [0, 0.1) is 10.8 Å². The van der Waals surface area contributed by atoms with Gasteiger partial charge in [-0.3, -0.25) is 9.79 Å². The number of nitrogens with two attached hydrogens (primary N) is 1. The number of benzene rings is 1. The molecule has 25 heavy (non-hydrogen) atoms. The fourth-order valence-corrected chi connectivity index (χ4v) is 3.30. The second kappa shape index (κ2) is 9.59. The SMILES string of the molecule is CCCCCC(C)(C)CC(C)(C(=O)OCc1ccccc1)/C(N)=N\C. The molecule has 0 amide bonds. The molecule has 140 valence electrons. The van der Waals surface area contributed by atoms with Gasteiger partial charge in [-0.25, -0.2) is 0 Å². The van der Waals surface area contributed by atoms with Gasteiger partial charge in [0.05, 0.1) is 0 Å². The number of ether oxygens (including phenoxy) is 1. The van der Waals surface area contributed by atoms with Gasteiger partial charge in [-0.15, -0.1) is 0 Å². The van der Waals surface area contributed by atoms with E-state index >= 15 is 0 Å². The van der Waals surface area contributed by atoms with Crippen molar-refractivity contribution in [1.82, 2.24) is 0 Å². The molecule has 0 aromatic heterocycles. The zero-order valence-corrected chi connectivity index (χ0v) is 16.5. The Balaban J connectivity index is 2.84. The third-order valence-corrected chi connectivity index (χ3v) is 4.76. The van der Waals surface area contributed by atoms with Crippen LogP contribution >= 0.6 is 0 Å². The van der Waals surface area contributed by atoms with Gasteiger partial charge in [0.1, 0.15) is 17.9 Å². The number of unbranched alkanes of at least 4 members (excludes halogenated alkanes) is 2. The Kier molecular flexibility index (Phi) is 8.14. The Morgan fingerprint density at radius 1 is 1.16 bits per heavy atom. The van der Waals surface area contributed by atoms with Crippen LogP contribution in [0.3, 0.4) is 0 Å². The molecule has 0 fully saturated rings. The van der Waals surface area contributed by atoms with Crippen LogP contribution in [-0.4, -0.2) is 18.9 Å². The van der Waals surface area contributed by atoms with Gasteiger partial charge in [-0.1, -0.05) is 70.4 Å². The number of amidine groups is 1. The number of carbonyl (C=O) groups is 1. The highest BCUT2D eigenvalue weighted by Gasteiger charge is 2.43. The van der Waals surface area contributed by atoms with Crippen LogP contribution in [0.15, 0.2) is 35.3 Å². The van der Waals surface area contributed by atoms with Gasteiger partial charge in [0, 0.05) is 7.05 Å². The second-order valence-corrected chi connectivity index (χ2v) is 7.80. The quantitative estimate of drug-likeness (QED) is 0.288. The van der Waals surface area contributed by atoms with E-state index in [2.05, 4.69) is 25.8 Å². The van der Waals surface area contributed by atoms with E-state index in [0.717, 1.165) is 18.4 Å². The topological polar surface area (TPSA) is 64.7 Å². The smallest absolute Gasteiger partial charge is 0.319 e. The number of rotatable bonds is 10. The first-order valence-corrected chi connectivity index (χ1v) is 9.19. The molecular weight excluding hydrogens is 312 g/mol. The molecule has 0 saturated carbocycles. The van der Waals surface area contributed by atoms with Crippen molar-refractivity contribution in [3.63, 3.8) is 0 Å². The summed E-state index contributed by atoms with van der Waals surface area (Å²) in [5, 5.41) is 0. The lowest BCUT2D eigenvalue weighted by atomic mass is 9.71. The van der Waals surface area contributed by atoms with Crippen molar-refractivity contribution in [1.29, 1.82) is 0 Å². The van der Waals surface area contributed by atoms with Crippen LogP contribution in [0.1, 0.15) is 65.4 Å². The van der Waals surface area contributed by atoms with Crippen LogP contribution in [0.4, 0.5) is 0 Å². The summed E-state index contributed by atoms with van der Waals surface area (Å²) in [6, 6.07) is 9.69. The van der Waals surface area contributed by atoms with E-state index in [1.807, 2.05) is 37.3 Å². The third kappa shape index (κ3) is 6.52. The predicted molar refractivity (Wildman–Crippen MR) is 104 cm³/mol. The standard InChI is InChI=1S/C21H34N2O2/c1-6-7-11-14-20(2,3)16-21(4,18(22)23-5)19(24)25-15-17-12-9-8-10-13-17/h8-10,12-13H,6-7,11,14-16H2,1-5H3,(H2,22,23). The number of esters is 1. The van der Waals surface area contributed by atoms with Crippen molar-refractivity contribution in [2.75, 3.05) is 7.05 Å². The second-order valence-electron chi connectivity index (χ2n) is 7.80. The van der Waals surface area contributed by atoms with E-state index in [-0.39, 0.29) is 18.0 Å². The Hall–Kier alpha value is -1.84. The van der Waals surface area contributed by atoms with Gasteiger partial charge in [0.2, 0.25) is 0 Å². The average molecular weight is 347 g/mol. The molecule has 1 aromatic rings. The maximum Gasteiger partial charge on any atom is 0.319 e. The van der Waals surface area contributed by atoms with Crippen LogP contribution in [0.5, 0.6) is 0 Å². The molecule has 4 nitrogen and oxygen atoms in total. The lowest BCUT2D eigenvalue weighted by Crippen LogP contribution is -2.45. The Labute approximate surface area is 152 Å². The lowest BCUT2D eigenvalue weighted by molar-refractivity contribution is -0.154. The Morgan fingerprint density at radius 3 is 2.36 bits per heavy atom. The molecule has 0 spiro atoms. The van der Waals surface area contributed by atoms with Gasteiger partial charge >= 0.3 is 5.97 Å². The summed E-state index contributed by atoms with van der Waals surface area (Å²) in [6.07, 6.45) is 5.22. The first kappa shape index (κ1) is 21.2. The summed E-state index contributed by atoms with van der Waals surface area (Å²) in [7, 11) is 1.63. The lowest BCUT2D eigenvalue weighted by Gasteiger charge is -2.35. The van der Waals surface area contributed by atoms with E-state index in [0.29, 0.717) is 12.3 Å². The highest BCUT2D eigenvalue weighted by molar-refractivity contribution is 6.04. The molecule has 1 rings (SSSR count). The number of hydrogen-bond acceptors (Lipinski definition) is 3. The van der Waals surface area contributed by atoms with E-state index < -0.39 is 5.41 Å². The predicted octanol–water partition coefficient (Wildman–Crippen LogP) is 4.72. The van der Waals surface area contributed by atoms with Crippen LogP contribution < -0.4 is 5.73 Å². The highest BCUT2D eigenvalue weighted by atomic mass is 16.5. The molecule has 0 aliphatic heterocycles. The first-order chi connectivity index (χ1) is 11.7. The molecule has 0 radical (unpaired) electrons. The van der Waals surface area contributed by atoms with Crippen LogP contribution in [-0.2, 0) is 16.1 Å². The van der Waals surface area contributed by atoms with E-state index in [9.17, 15) is 4.79 Å². The largest absolute Gasteiger partial charge is 0.460 e. The van der Waals surface area contributed by atoms with Crippen molar-refractivity contribution < 1.29 is 9.53 Å². The summed E-state index contributed by atoms with van der Waals surface area (Å²) in [5.41, 5.74) is 6.19. The molecular formula is C21H34N2O2. The summed E-state index contributed by atoms with van der Waals surface area (Å²) in [5.74, 6) is 0.0390. The monoisotopic (exact) mass is 346 g/mol. The normalized spacial score (nSPS) is 14.8. The molecule has 4 heteroatoms. The van der Waals surface area contributed by atoms with Crippen molar-refractivity contribution in [3.8, 4) is 0 Å². The number of nitrogens with zero attached hydrogens (tertiary/aromatic N) is 1. The number of carbonyl (C=O) groups excluding carboxylic acids is 1. The third-order valence-electron chi connectivity index (χ3n) is 4.76.